The molecule has 3 rings (SSSR count). The average molecular weight is 349 g/mol. The second-order valence-electron chi connectivity index (χ2n) is 5.38. The molecule has 2 aromatic rings. The maximum absolute atomic E-state index is 12.5. The normalized spacial score (nSPS) is 14.7. The SMILES string of the molecule is Cc1[nH]c(=O)sc1C(=O)N1CCN(c2ccc([N+](=O)[O-])cn2)CC1. The minimum atomic E-state index is -0.488. The predicted molar refractivity (Wildman–Crippen MR) is 88.7 cm³/mol. The van der Waals surface area contributed by atoms with Gasteiger partial charge in [-0.3, -0.25) is 19.7 Å². The number of aromatic nitrogens is 2. The van der Waals surface area contributed by atoms with Crippen LogP contribution in [-0.2, 0) is 0 Å². The second-order valence-corrected chi connectivity index (χ2v) is 6.36. The van der Waals surface area contributed by atoms with Crippen LogP contribution in [0.25, 0.3) is 0 Å². The monoisotopic (exact) mass is 349 g/mol. The van der Waals surface area contributed by atoms with E-state index in [1.54, 1.807) is 17.9 Å². The van der Waals surface area contributed by atoms with E-state index in [0.717, 1.165) is 11.3 Å². The molecule has 3 heterocycles. The number of pyridine rings is 1. The summed E-state index contributed by atoms with van der Waals surface area (Å²) in [6.07, 6.45) is 1.23. The number of carbonyl (C=O) groups excluding carboxylic acids is 1. The minimum absolute atomic E-state index is 0.0506. The van der Waals surface area contributed by atoms with Gasteiger partial charge in [0.15, 0.2) is 0 Å². The average Bonchev–Trinajstić information content (AvgIpc) is 2.93. The number of H-pyrrole nitrogens is 1. The Hall–Kier alpha value is -2.75. The molecular formula is C14H15N5O4S. The third-order valence-corrected chi connectivity index (χ3v) is 4.83. The van der Waals surface area contributed by atoms with Crippen molar-refractivity contribution in [2.24, 2.45) is 0 Å². The molecule has 0 atom stereocenters. The Labute approximate surface area is 140 Å². The van der Waals surface area contributed by atoms with Crippen LogP contribution in [0.3, 0.4) is 0 Å². The van der Waals surface area contributed by atoms with Gasteiger partial charge in [-0.05, 0) is 13.0 Å². The highest BCUT2D eigenvalue weighted by Gasteiger charge is 2.25. The van der Waals surface area contributed by atoms with Gasteiger partial charge < -0.3 is 14.8 Å². The van der Waals surface area contributed by atoms with Gasteiger partial charge in [-0.25, -0.2) is 4.98 Å². The van der Waals surface area contributed by atoms with Crippen LogP contribution in [0.5, 0.6) is 0 Å². The molecule has 0 radical (unpaired) electrons. The lowest BCUT2D eigenvalue weighted by atomic mass is 10.2. The Bertz CT molecular complexity index is 820. The molecule has 9 nitrogen and oxygen atoms in total. The van der Waals surface area contributed by atoms with Gasteiger partial charge in [-0.2, -0.15) is 0 Å². The van der Waals surface area contributed by atoms with Crippen LogP contribution in [0.4, 0.5) is 11.5 Å². The lowest BCUT2D eigenvalue weighted by molar-refractivity contribution is -0.385. The highest BCUT2D eigenvalue weighted by molar-refractivity contribution is 7.11. The van der Waals surface area contributed by atoms with Crippen LogP contribution in [0.15, 0.2) is 23.1 Å². The molecule has 0 aromatic carbocycles. The molecule has 2 aromatic heterocycles. The Morgan fingerprint density at radius 2 is 2.04 bits per heavy atom. The second kappa shape index (κ2) is 6.40. The van der Waals surface area contributed by atoms with Crippen molar-refractivity contribution in [1.82, 2.24) is 14.9 Å². The first kappa shape index (κ1) is 16.1. The standard InChI is InChI=1S/C14H15N5O4S/c1-9-12(24-14(21)16-9)13(20)18-6-4-17(5-7-18)11-3-2-10(8-15-11)19(22)23/h2-3,8H,4-7H2,1H3,(H,16,21). The molecule has 0 saturated carbocycles. The predicted octanol–water partition coefficient (Wildman–Crippen LogP) is 1.01. The summed E-state index contributed by atoms with van der Waals surface area (Å²) < 4.78 is 0. The zero-order chi connectivity index (χ0) is 17.3. The summed E-state index contributed by atoms with van der Waals surface area (Å²) >= 11 is 0.925. The fourth-order valence-corrected chi connectivity index (χ4v) is 3.37. The van der Waals surface area contributed by atoms with Crippen LogP contribution in [0.1, 0.15) is 15.4 Å². The van der Waals surface area contributed by atoms with Crippen molar-refractivity contribution in [3.05, 3.63) is 48.7 Å². The Morgan fingerprint density at radius 3 is 2.54 bits per heavy atom. The van der Waals surface area contributed by atoms with E-state index < -0.39 is 4.92 Å². The van der Waals surface area contributed by atoms with E-state index in [2.05, 4.69) is 9.97 Å². The number of carbonyl (C=O) groups is 1. The first-order valence-corrected chi connectivity index (χ1v) is 8.12. The van der Waals surface area contributed by atoms with Gasteiger partial charge in [-0.15, -0.1) is 0 Å². The lowest BCUT2D eigenvalue weighted by Crippen LogP contribution is -2.49. The summed E-state index contributed by atoms with van der Waals surface area (Å²) in [5, 5.41) is 10.7. The Balaban J connectivity index is 1.65. The van der Waals surface area contributed by atoms with Crippen LogP contribution in [-0.4, -0.2) is 51.9 Å². The number of rotatable bonds is 3. The third kappa shape index (κ3) is 3.13. The summed E-state index contributed by atoms with van der Waals surface area (Å²) in [4.78, 5) is 44.6. The molecule has 0 spiro atoms. The highest BCUT2D eigenvalue weighted by Crippen LogP contribution is 2.19. The van der Waals surface area contributed by atoms with Gasteiger partial charge in [0.2, 0.25) is 0 Å². The molecule has 1 aliphatic rings. The van der Waals surface area contributed by atoms with E-state index in [4.69, 9.17) is 0 Å². The maximum Gasteiger partial charge on any atom is 0.305 e. The molecule has 0 unspecified atom stereocenters. The number of aryl methyl sites for hydroxylation is 1. The van der Waals surface area contributed by atoms with Crippen molar-refractivity contribution >= 4 is 28.7 Å². The summed E-state index contributed by atoms with van der Waals surface area (Å²) in [6.45, 7) is 3.87. The summed E-state index contributed by atoms with van der Waals surface area (Å²) in [5.74, 6) is 0.502. The van der Waals surface area contributed by atoms with Gasteiger partial charge in [0, 0.05) is 37.9 Å². The Morgan fingerprint density at radius 1 is 1.33 bits per heavy atom. The zero-order valence-corrected chi connectivity index (χ0v) is 13.7. The molecule has 1 N–H and O–H groups in total. The Kier molecular flexibility index (Phi) is 4.30. The maximum atomic E-state index is 12.5. The molecule has 0 aliphatic carbocycles. The number of aromatic amines is 1. The van der Waals surface area contributed by atoms with Gasteiger partial charge in [0.1, 0.15) is 16.9 Å². The van der Waals surface area contributed by atoms with E-state index in [1.807, 2.05) is 4.90 Å². The number of nitro groups is 1. The molecule has 1 fully saturated rings. The number of piperazine rings is 1. The van der Waals surface area contributed by atoms with Gasteiger partial charge in [0.05, 0.1) is 4.92 Å². The van der Waals surface area contributed by atoms with Crippen molar-refractivity contribution < 1.29 is 9.72 Å². The molecule has 24 heavy (non-hydrogen) atoms. The van der Waals surface area contributed by atoms with Crippen LogP contribution in [0.2, 0.25) is 0 Å². The zero-order valence-electron chi connectivity index (χ0n) is 12.9. The molecule has 10 heteroatoms. The molecule has 1 saturated heterocycles. The number of nitrogens with zero attached hydrogens (tertiary/aromatic N) is 4. The minimum Gasteiger partial charge on any atom is -0.353 e. The topological polar surface area (TPSA) is 112 Å². The summed E-state index contributed by atoms with van der Waals surface area (Å²) in [5.41, 5.74) is 0.542. The number of thiazole rings is 1. The van der Waals surface area contributed by atoms with Crippen molar-refractivity contribution in [1.29, 1.82) is 0 Å². The highest BCUT2D eigenvalue weighted by atomic mass is 32.1. The first-order valence-electron chi connectivity index (χ1n) is 7.30. The molecule has 126 valence electrons. The number of anilines is 1. The van der Waals surface area contributed by atoms with Crippen molar-refractivity contribution in [3.63, 3.8) is 0 Å². The van der Waals surface area contributed by atoms with E-state index in [9.17, 15) is 19.7 Å². The van der Waals surface area contributed by atoms with Crippen molar-refractivity contribution in [2.75, 3.05) is 31.1 Å². The fraction of sp³-hybridized carbons (Fsp3) is 0.357. The molecule has 0 bridgehead atoms. The summed E-state index contributed by atoms with van der Waals surface area (Å²) in [7, 11) is 0. The van der Waals surface area contributed by atoms with Gasteiger partial charge in [-0.1, -0.05) is 11.3 Å². The number of hydrogen-bond donors (Lipinski definition) is 1. The van der Waals surface area contributed by atoms with Crippen LogP contribution >= 0.6 is 11.3 Å². The number of nitrogens with one attached hydrogen (secondary N) is 1. The number of amides is 1. The van der Waals surface area contributed by atoms with Crippen molar-refractivity contribution in [3.8, 4) is 0 Å². The quantitative estimate of drug-likeness (QED) is 0.654. The molecule has 1 aliphatic heterocycles. The fourth-order valence-electron chi connectivity index (χ4n) is 2.56. The van der Waals surface area contributed by atoms with E-state index in [-0.39, 0.29) is 16.5 Å². The first-order chi connectivity index (χ1) is 11.5. The number of hydrogen-bond acceptors (Lipinski definition) is 7. The van der Waals surface area contributed by atoms with Crippen molar-refractivity contribution in [2.45, 2.75) is 6.92 Å². The van der Waals surface area contributed by atoms with Crippen LogP contribution < -0.4 is 9.77 Å². The van der Waals surface area contributed by atoms with E-state index >= 15 is 0 Å². The smallest absolute Gasteiger partial charge is 0.305 e. The molecular weight excluding hydrogens is 334 g/mol. The lowest BCUT2D eigenvalue weighted by Gasteiger charge is -2.35. The third-order valence-electron chi connectivity index (χ3n) is 3.85. The largest absolute Gasteiger partial charge is 0.353 e. The van der Waals surface area contributed by atoms with Crippen LogP contribution in [0, 0.1) is 17.0 Å². The van der Waals surface area contributed by atoms with E-state index in [0.29, 0.717) is 42.6 Å². The van der Waals surface area contributed by atoms with Gasteiger partial charge in [0.25, 0.3) is 11.6 Å². The molecule has 1 amide bonds. The van der Waals surface area contributed by atoms with E-state index in [1.165, 1.54) is 12.3 Å². The summed E-state index contributed by atoms with van der Waals surface area (Å²) in [6, 6.07) is 3.03. The van der Waals surface area contributed by atoms with Gasteiger partial charge >= 0.3 is 4.87 Å².